The summed E-state index contributed by atoms with van der Waals surface area (Å²) in [5.41, 5.74) is 7.34. The maximum absolute atomic E-state index is 13.0. The van der Waals surface area contributed by atoms with Gasteiger partial charge in [0.05, 0.1) is 5.02 Å². The van der Waals surface area contributed by atoms with Gasteiger partial charge in [-0.2, -0.15) is 0 Å². The van der Waals surface area contributed by atoms with Gasteiger partial charge < -0.3 is 14.8 Å². The van der Waals surface area contributed by atoms with Gasteiger partial charge in [-0.15, -0.1) is 0 Å². The molecule has 1 aromatic heterocycles. The van der Waals surface area contributed by atoms with E-state index < -0.39 is 6.09 Å². The second-order valence-electron chi connectivity index (χ2n) is 10.2. The number of amides is 1. The fraction of sp³-hybridized carbons (Fsp3) is 0.108. The summed E-state index contributed by atoms with van der Waals surface area (Å²) in [6, 6.07) is 33.1. The third-order valence-corrected chi connectivity index (χ3v) is 8.99. The molecule has 8 heteroatoms. The Labute approximate surface area is 270 Å². The number of aldehydes is 1. The molecule has 0 aliphatic heterocycles. The van der Waals surface area contributed by atoms with Crippen LogP contribution in [0.2, 0.25) is 5.02 Å². The Morgan fingerprint density at radius 2 is 1.64 bits per heavy atom. The Kier molecular flexibility index (Phi) is 9.45. The molecule has 0 bridgehead atoms. The molecule has 6 nitrogen and oxygen atoms in total. The van der Waals surface area contributed by atoms with E-state index in [1.165, 1.54) is 11.8 Å². The van der Waals surface area contributed by atoms with E-state index in [2.05, 4.69) is 46.6 Å². The summed E-state index contributed by atoms with van der Waals surface area (Å²) in [5.74, 6) is 2.95. The molecule has 0 unspecified atom stereocenters. The van der Waals surface area contributed by atoms with Crippen LogP contribution in [0.4, 0.5) is 4.79 Å². The van der Waals surface area contributed by atoms with Crippen molar-refractivity contribution < 1.29 is 19.1 Å². The van der Waals surface area contributed by atoms with E-state index in [9.17, 15) is 9.59 Å². The summed E-state index contributed by atoms with van der Waals surface area (Å²) in [7, 11) is 0. The molecular formula is C37H27ClN2O4S. The fourth-order valence-electron chi connectivity index (χ4n) is 5.25. The molecule has 1 amide bonds. The number of nitrogens with zero attached hydrogens (tertiary/aromatic N) is 1. The lowest BCUT2D eigenvalue weighted by molar-refractivity contribution is 0.112. The molecule has 0 radical (unpaired) electrons. The van der Waals surface area contributed by atoms with Crippen molar-refractivity contribution in [3.05, 3.63) is 148 Å². The molecule has 1 N–H and O–H groups in total. The van der Waals surface area contributed by atoms with Gasteiger partial charge in [-0.1, -0.05) is 102 Å². The second-order valence-corrected chi connectivity index (χ2v) is 11.7. The quantitative estimate of drug-likeness (QED) is 0.130. The molecule has 0 fully saturated rings. The molecule has 0 saturated carbocycles. The molecule has 45 heavy (non-hydrogen) atoms. The first-order chi connectivity index (χ1) is 22.1. The van der Waals surface area contributed by atoms with Crippen LogP contribution in [-0.4, -0.2) is 24.0 Å². The third-order valence-electron chi connectivity index (χ3n) is 7.36. The monoisotopic (exact) mass is 630 g/mol. The number of carbonyl (C=O) groups excluding carboxylic acids is 2. The highest BCUT2D eigenvalue weighted by Gasteiger charge is 2.29. The molecule has 1 aliphatic carbocycles. The summed E-state index contributed by atoms with van der Waals surface area (Å²) >= 11 is 8.01. The zero-order valence-electron chi connectivity index (χ0n) is 24.0. The van der Waals surface area contributed by atoms with Gasteiger partial charge in [0.25, 0.3) is 0 Å². The van der Waals surface area contributed by atoms with Crippen molar-refractivity contribution >= 4 is 35.7 Å². The molecule has 4 aromatic carbocycles. The zero-order chi connectivity index (χ0) is 31.0. The molecule has 0 spiro atoms. The van der Waals surface area contributed by atoms with E-state index in [1.807, 2.05) is 60.7 Å². The van der Waals surface area contributed by atoms with Crippen LogP contribution in [0, 0.1) is 12.0 Å². The van der Waals surface area contributed by atoms with E-state index in [4.69, 9.17) is 21.1 Å². The van der Waals surface area contributed by atoms with E-state index >= 15 is 0 Å². The minimum atomic E-state index is -0.557. The van der Waals surface area contributed by atoms with Gasteiger partial charge in [-0.25, -0.2) is 9.78 Å². The number of benzene rings is 4. The number of halogens is 1. The van der Waals surface area contributed by atoms with Crippen LogP contribution in [0.25, 0.3) is 11.1 Å². The lowest BCUT2D eigenvalue weighted by atomic mass is 9.98. The van der Waals surface area contributed by atoms with Crippen LogP contribution in [-0.2, 0) is 22.6 Å². The summed E-state index contributed by atoms with van der Waals surface area (Å²) in [4.78, 5) is 29.7. The molecule has 0 atom stereocenters. The number of ether oxygens (including phenoxy) is 2. The van der Waals surface area contributed by atoms with Gasteiger partial charge in [0, 0.05) is 34.7 Å². The normalized spacial score (nSPS) is 11.5. The molecular weight excluding hydrogens is 604 g/mol. The fourth-order valence-corrected chi connectivity index (χ4v) is 6.56. The van der Waals surface area contributed by atoms with Gasteiger partial charge >= 0.3 is 6.09 Å². The highest BCUT2D eigenvalue weighted by atomic mass is 35.5. The number of alkyl carbamates (subject to hydrolysis) is 1. The first-order valence-electron chi connectivity index (χ1n) is 14.3. The van der Waals surface area contributed by atoms with Crippen molar-refractivity contribution in [2.24, 2.45) is 0 Å². The van der Waals surface area contributed by atoms with Crippen molar-refractivity contribution in [2.45, 2.75) is 29.0 Å². The van der Waals surface area contributed by atoms with E-state index in [1.54, 1.807) is 24.4 Å². The SMILES string of the molecule is O=Cc1cccnc1Sc1c(Cl)cc(C#COCc2ccccc2)cc1CNC(=O)OCC1c2ccccc2-c2ccccc21. The van der Waals surface area contributed by atoms with E-state index in [-0.39, 0.29) is 19.1 Å². The van der Waals surface area contributed by atoms with Crippen LogP contribution < -0.4 is 5.32 Å². The standard InChI is InChI=1S/C37H27ClN2O4S/c38-34-20-26(16-18-43-23-25-9-2-1-3-10-25)19-28(35(34)45-36-27(22-41)11-8-17-39-36)21-40-37(42)44-24-33-31-14-6-4-12-29(31)30-13-5-7-15-32(30)33/h1-15,17,19-20,22,33H,21,23-24H2,(H,40,42). The van der Waals surface area contributed by atoms with Crippen molar-refractivity contribution in [1.82, 2.24) is 10.3 Å². The second kappa shape index (κ2) is 14.2. The third kappa shape index (κ3) is 7.04. The maximum Gasteiger partial charge on any atom is 0.407 e. The molecule has 6 rings (SSSR count). The molecule has 1 heterocycles. The van der Waals surface area contributed by atoms with Crippen molar-refractivity contribution in [3.8, 4) is 23.2 Å². The van der Waals surface area contributed by atoms with Gasteiger partial charge in [0.1, 0.15) is 24.3 Å². The Morgan fingerprint density at radius 3 is 2.38 bits per heavy atom. The van der Waals surface area contributed by atoms with Gasteiger partial charge in [-0.3, -0.25) is 4.79 Å². The number of nitrogens with one attached hydrogen (secondary N) is 1. The first kappa shape index (κ1) is 30.0. The van der Waals surface area contributed by atoms with Crippen LogP contribution in [0.15, 0.2) is 119 Å². The number of pyridine rings is 1. The highest BCUT2D eigenvalue weighted by Crippen LogP contribution is 2.44. The number of aromatic nitrogens is 1. The van der Waals surface area contributed by atoms with E-state index in [0.29, 0.717) is 38.2 Å². The van der Waals surface area contributed by atoms with Crippen molar-refractivity contribution in [1.29, 1.82) is 0 Å². The molecule has 0 saturated heterocycles. The molecule has 222 valence electrons. The lowest BCUT2D eigenvalue weighted by Gasteiger charge is -2.16. The van der Waals surface area contributed by atoms with E-state index in [0.717, 1.165) is 34.1 Å². The van der Waals surface area contributed by atoms with Crippen molar-refractivity contribution in [2.75, 3.05) is 6.61 Å². The topological polar surface area (TPSA) is 77.5 Å². The maximum atomic E-state index is 13.0. The smallest absolute Gasteiger partial charge is 0.407 e. The Bertz CT molecular complexity index is 1870. The lowest BCUT2D eigenvalue weighted by Crippen LogP contribution is -2.26. The van der Waals surface area contributed by atoms with Crippen LogP contribution in [0.3, 0.4) is 0 Å². The summed E-state index contributed by atoms with van der Waals surface area (Å²) in [5, 5.41) is 3.77. The largest absolute Gasteiger partial charge is 0.449 e. The predicted octanol–water partition coefficient (Wildman–Crippen LogP) is 8.26. The zero-order valence-corrected chi connectivity index (χ0v) is 25.6. The van der Waals surface area contributed by atoms with Crippen molar-refractivity contribution in [3.63, 3.8) is 0 Å². The number of rotatable bonds is 9. The molecule has 5 aromatic rings. The first-order valence-corrected chi connectivity index (χ1v) is 15.5. The Morgan fingerprint density at radius 1 is 0.933 bits per heavy atom. The van der Waals surface area contributed by atoms with Crippen LogP contribution >= 0.6 is 23.4 Å². The van der Waals surface area contributed by atoms with Gasteiger partial charge in [-0.05, 0) is 63.6 Å². The number of hydrogen-bond donors (Lipinski definition) is 1. The van der Waals surface area contributed by atoms with Crippen LogP contribution in [0.1, 0.15) is 44.1 Å². The Balaban J connectivity index is 1.18. The number of fused-ring (bicyclic) bond motifs is 3. The van der Waals surface area contributed by atoms with Gasteiger partial charge in [0.2, 0.25) is 0 Å². The van der Waals surface area contributed by atoms with Gasteiger partial charge in [0.15, 0.2) is 6.29 Å². The average molecular weight is 631 g/mol. The highest BCUT2D eigenvalue weighted by molar-refractivity contribution is 7.99. The predicted molar refractivity (Wildman–Crippen MR) is 175 cm³/mol. The minimum absolute atomic E-state index is 0.0517. The van der Waals surface area contributed by atoms with Crippen LogP contribution in [0.5, 0.6) is 0 Å². The average Bonchev–Trinajstić information content (AvgIpc) is 3.40. The summed E-state index contributed by atoms with van der Waals surface area (Å²) < 4.78 is 11.3. The Hall–Kier alpha value is -5.03. The summed E-state index contributed by atoms with van der Waals surface area (Å²) in [6.07, 6.45) is 4.55. The number of carbonyl (C=O) groups is 2. The summed E-state index contributed by atoms with van der Waals surface area (Å²) in [6.45, 7) is 0.658. The number of hydrogen-bond acceptors (Lipinski definition) is 6. The molecule has 1 aliphatic rings. The minimum Gasteiger partial charge on any atom is -0.449 e.